The van der Waals surface area contributed by atoms with Gasteiger partial charge >= 0.3 is 0 Å². The Morgan fingerprint density at radius 3 is 2.31 bits per heavy atom. The zero-order valence-electron chi connectivity index (χ0n) is 14.3. The largest absolute Gasteiger partial charge is 0.337 e. The minimum Gasteiger partial charge on any atom is -0.337 e. The molecule has 2 aromatic carbocycles. The first-order valence-corrected chi connectivity index (χ1v) is 9.65. The number of benzene rings is 2. The number of hydrogen-bond donors (Lipinski definition) is 0. The lowest BCUT2D eigenvalue weighted by molar-refractivity contribution is 0.0783. The molecule has 1 amide bonds. The van der Waals surface area contributed by atoms with Crippen molar-refractivity contribution in [3.05, 3.63) is 63.4 Å². The lowest BCUT2D eigenvalue weighted by atomic mass is 10.1. The highest BCUT2D eigenvalue weighted by Crippen LogP contribution is 2.26. The zero-order chi connectivity index (χ0) is 19.6. The van der Waals surface area contributed by atoms with E-state index < -0.39 is 21.7 Å². The third-order valence-corrected chi connectivity index (χ3v) is 6.39. The number of carbonyl (C=O) groups is 1. The first-order chi connectivity index (χ1) is 12.1. The topological polar surface area (TPSA) is 57.7 Å². The van der Waals surface area contributed by atoms with E-state index in [1.165, 1.54) is 62.4 Å². The first-order valence-electron chi connectivity index (χ1n) is 7.46. The van der Waals surface area contributed by atoms with Crippen LogP contribution >= 0.6 is 23.2 Å². The van der Waals surface area contributed by atoms with Gasteiger partial charge in [-0.05, 0) is 30.3 Å². The molecule has 2 rings (SSSR count). The van der Waals surface area contributed by atoms with Crippen molar-refractivity contribution >= 4 is 39.1 Å². The van der Waals surface area contributed by atoms with E-state index in [1.807, 2.05) is 0 Å². The fourth-order valence-corrected chi connectivity index (χ4v) is 3.86. The van der Waals surface area contributed by atoms with Crippen molar-refractivity contribution in [1.82, 2.24) is 9.21 Å². The number of carbonyl (C=O) groups excluding carboxylic acids is 1. The second-order valence-electron chi connectivity index (χ2n) is 5.79. The fourth-order valence-electron chi connectivity index (χ4n) is 2.24. The predicted octanol–water partition coefficient (Wildman–Crippen LogP) is 3.66. The average molecular weight is 419 g/mol. The van der Waals surface area contributed by atoms with E-state index in [0.717, 1.165) is 4.31 Å². The van der Waals surface area contributed by atoms with Gasteiger partial charge in [-0.25, -0.2) is 17.1 Å². The van der Waals surface area contributed by atoms with Gasteiger partial charge in [0.25, 0.3) is 5.91 Å². The van der Waals surface area contributed by atoms with Crippen LogP contribution in [-0.4, -0.2) is 44.7 Å². The summed E-state index contributed by atoms with van der Waals surface area (Å²) >= 11 is 12.0. The van der Waals surface area contributed by atoms with Crippen LogP contribution in [0.25, 0.3) is 0 Å². The Morgan fingerprint density at radius 1 is 1.08 bits per heavy atom. The molecular weight excluding hydrogens is 402 g/mol. The minimum absolute atomic E-state index is 0.00931. The first kappa shape index (κ1) is 20.6. The molecule has 0 atom stereocenters. The molecule has 0 aliphatic carbocycles. The Kier molecular flexibility index (Phi) is 6.29. The van der Waals surface area contributed by atoms with Crippen LogP contribution in [-0.2, 0) is 16.6 Å². The van der Waals surface area contributed by atoms with Crippen LogP contribution < -0.4 is 0 Å². The Labute approximate surface area is 162 Å². The highest BCUT2D eigenvalue weighted by atomic mass is 35.5. The van der Waals surface area contributed by atoms with Crippen molar-refractivity contribution < 1.29 is 17.6 Å². The molecule has 9 heteroatoms. The van der Waals surface area contributed by atoms with Crippen molar-refractivity contribution in [2.45, 2.75) is 11.4 Å². The predicted molar refractivity (Wildman–Crippen MR) is 99.5 cm³/mol. The van der Waals surface area contributed by atoms with E-state index in [2.05, 4.69) is 0 Å². The summed E-state index contributed by atoms with van der Waals surface area (Å²) in [5.41, 5.74) is 0.296. The normalized spacial score (nSPS) is 11.7. The molecule has 0 aliphatic rings. The number of amides is 1. The fraction of sp³-hybridized carbons (Fsp3) is 0.235. The number of sulfonamides is 1. The molecule has 0 radical (unpaired) electrons. The zero-order valence-corrected chi connectivity index (χ0v) is 16.7. The van der Waals surface area contributed by atoms with Crippen molar-refractivity contribution in [3.8, 4) is 0 Å². The molecule has 0 aliphatic heterocycles. The molecule has 0 N–H and O–H groups in total. The maximum absolute atomic E-state index is 13.9. The second kappa shape index (κ2) is 7.92. The van der Waals surface area contributed by atoms with Crippen molar-refractivity contribution in [2.75, 3.05) is 21.1 Å². The second-order valence-corrected chi connectivity index (χ2v) is 8.73. The highest BCUT2D eigenvalue weighted by Gasteiger charge is 2.24. The standard InChI is InChI=1S/C17H17Cl2FN2O3S/c1-21(2)26(24,25)16-9-11(7-8-14(16)19)17(23)22(3)10-12-13(18)5-4-6-15(12)20/h4-9H,10H2,1-3H3. The molecule has 5 nitrogen and oxygen atoms in total. The molecule has 0 bridgehead atoms. The van der Waals surface area contributed by atoms with Gasteiger partial charge in [0, 0.05) is 43.8 Å². The van der Waals surface area contributed by atoms with E-state index in [4.69, 9.17) is 23.2 Å². The highest BCUT2D eigenvalue weighted by molar-refractivity contribution is 7.89. The molecule has 0 spiro atoms. The summed E-state index contributed by atoms with van der Waals surface area (Å²) in [5.74, 6) is -1.01. The van der Waals surface area contributed by atoms with Gasteiger partial charge in [-0.15, -0.1) is 0 Å². The summed E-state index contributed by atoms with van der Waals surface area (Å²) in [6.45, 7) is -0.0667. The quantitative estimate of drug-likeness (QED) is 0.744. The summed E-state index contributed by atoms with van der Waals surface area (Å²) < 4.78 is 39.6. The maximum atomic E-state index is 13.9. The van der Waals surface area contributed by atoms with Crippen molar-refractivity contribution in [2.24, 2.45) is 0 Å². The number of hydrogen-bond acceptors (Lipinski definition) is 3. The Hall–Kier alpha value is -1.67. The Bertz CT molecular complexity index is 929. The molecule has 0 aromatic heterocycles. The van der Waals surface area contributed by atoms with Crippen LogP contribution in [0.2, 0.25) is 10.0 Å². The van der Waals surface area contributed by atoms with Crippen LogP contribution in [0.4, 0.5) is 4.39 Å². The number of halogens is 3. The monoisotopic (exact) mass is 418 g/mol. The molecule has 0 saturated heterocycles. The number of rotatable bonds is 5. The van der Waals surface area contributed by atoms with E-state index in [1.54, 1.807) is 0 Å². The van der Waals surface area contributed by atoms with E-state index in [9.17, 15) is 17.6 Å². The summed E-state index contributed by atoms with van der Waals surface area (Å²) in [6, 6.07) is 8.22. The van der Waals surface area contributed by atoms with Crippen molar-refractivity contribution in [3.63, 3.8) is 0 Å². The third kappa shape index (κ3) is 4.17. The molecular formula is C17H17Cl2FN2O3S. The molecule has 2 aromatic rings. The third-order valence-electron chi connectivity index (χ3n) is 3.74. The van der Waals surface area contributed by atoms with Crippen LogP contribution in [0.5, 0.6) is 0 Å². The van der Waals surface area contributed by atoms with Crippen LogP contribution in [0.3, 0.4) is 0 Å². The Balaban J connectivity index is 2.35. The van der Waals surface area contributed by atoms with E-state index in [-0.39, 0.29) is 32.6 Å². The van der Waals surface area contributed by atoms with Gasteiger partial charge in [0.1, 0.15) is 10.7 Å². The molecule has 0 heterocycles. The Morgan fingerprint density at radius 2 is 1.73 bits per heavy atom. The van der Waals surface area contributed by atoms with Gasteiger partial charge in [0.2, 0.25) is 10.0 Å². The van der Waals surface area contributed by atoms with Crippen LogP contribution in [0.1, 0.15) is 15.9 Å². The molecule has 0 saturated carbocycles. The van der Waals surface area contributed by atoms with Gasteiger partial charge in [0.05, 0.1) is 5.02 Å². The lowest BCUT2D eigenvalue weighted by Crippen LogP contribution is -2.28. The van der Waals surface area contributed by atoms with Crippen molar-refractivity contribution in [1.29, 1.82) is 0 Å². The maximum Gasteiger partial charge on any atom is 0.253 e. The van der Waals surface area contributed by atoms with Gasteiger partial charge < -0.3 is 4.90 Å². The number of nitrogens with zero attached hydrogens (tertiary/aromatic N) is 2. The van der Waals surface area contributed by atoms with Crippen LogP contribution in [0.15, 0.2) is 41.3 Å². The summed E-state index contributed by atoms with van der Waals surface area (Å²) in [6.07, 6.45) is 0. The van der Waals surface area contributed by atoms with Gasteiger partial charge in [-0.1, -0.05) is 29.3 Å². The van der Waals surface area contributed by atoms with E-state index in [0.29, 0.717) is 0 Å². The molecule has 26 heavy (non-hydrogen) atoms. The summed E-state index contributed by atoms with van der Waals surface area (Å²) in [5, 5.41) is 0.215. The SMILES string of the molecule is CN(Cc1c(F)cccc1Cl)C(=O)c1ccc(Cl)c(S(=O)(=O)N(C)C)c1. The smallest absolute Gasteiger partial charge is 0.253 e. The minimum atomic E-state index is -3.81. The lowest BCUT2D eigenvalue weighted by Gasteiger charge is -2.19. The molecule has 140 valence electrons. The van der Waals surface area contributed by atoms with Gasteiger partial charge in [0.15, 0.2) is 0 Å². The summed E-state index contributed by atoms with van der Waals surface area (Å²) in [7, 11) is 0.395. The average Bonchev–Trinajstić information content (AvgIpc) is 2.57. The van der Waals surface area contributed by atoms with E-state index >= 15 is 0 Å². The summed E-state index contributed by atoms with van der Waals surface area (Å²) in [4.78, 5) is 13.7. The van der Waals surface area contributed by atoms with Gasteiger partial charge in [-0.3, -0.25) is 4.79 Å². The van der Waals surface area contributed by atoms with Crippen LogP contribution in [0, 0.1) is 5.82 Å². The molecule has 0 fully saturated rings. The molecule has 0 unspecified atom stereocenters. The van der Waals surface area contributed by atoms with Gasteiger partial charge in [-0.2, -0.15) is 0 Å².